The molecule has 0 aromatic heterocycles. The molecule has 0 amide bonds. The fraction of sp³-hybridized carbons (Fsp3) is 0.455. The first-order chi connectivity index (χ1) is 6.64. The van der Waals surface area contributed by atoms with Gasteiger partial charge in [-0.1, -0.05) is 30.3 Å². The molecule has 1 nitrogen and oxygen atoms in total. The molecule has 0 aliphatic rings. The van der Waals surface area contributed by atoms with Crippen LogP contribution < -0.4 is 5.73 Å². The van der Waals surface area contributed by atoms with E-state index in [4.69, 9.17) is 5.73 Å². The highest BCUT2D eigenvalue weighted by Crippen LogP contribution is 2.24. The van der Waals surface area contributed by atoms with Crippen molar-refractivity contribution in [1.29, 1.82) is 0 Å². The number of rotatable bonds is 5. The fourth-order valence-electron chi connectivity index (χ4n) is 1.34. The summed E-state index contributed by atoms with van der Waals surface area (Å²) in [6.07, 6.45) is 0.0616. The van der Waals surface area contributed by atoms with Crippen LogP contribution in [0.5, 0.6) is 0 Å². The molecule has 3 heteroatoms. The van der Waals surface area contributed by atoms with Crippen LogP contribution in [0.2, 0.25) is 0 Å². The van der Waals surface area contributed by atoms with Crippen LogP contribution in [0.15, 0.2) is 30.3 Å². The first-order valence-electron chi connectivity index (χ1n) is 4.76. The molecule has 0 radical (unpaired) electrons. The third kappa shape index (κ3) is 3.83. The second-order valence-electron chi connectivity index (χ2n) is 3.41. The van der Waals surface area contributed by atoms with Gasteiger partial charge < -0.3 is 5.73 Å². The second kappa shape index (κ2) is 5.05. The van der Waals surface area contributed by atoms with E-state index in [9.17, 15) is 8.78 Å². The number of hydrogen-bond acceptors (Lipinski definition) is 1. The Bertz CT molecular complexity index is 259. The molecule has 0 saturated heterocycles. The van der Waals surface area contributed by atoms with Crippen molar-refractivity contribution in [2.45, 2.75) is 25.2 Å². The summed E-state index contributed by atoms with van der Waals surface area (Å²) in [6, 6.07) is 8.80. The zero-order valence-electron chi connectivity index (χ0n) is 8.05. The van der Waals surface area contributed by atoms with Crippen molar-refractivity contribution >= 4 is 0 Å². The Balaban J connectivity index is 2.50. The smallest absolute Gasteiger partial charge is 0.252 e. The summed E-state index contributed by atoms with van der Waals surface area (Å²) in [5.74, 6) is -2.62. The van der Waals surface area contributed by atoms with E-state index in [1.807, 2.05) is 6.07 Å². The molecule has 2 N–H and O–H groups in total. The van der Waals surface area contributed by atoms with Crippen molar-refractivity contribution in [3.63, 3.8) is 0 Å². The van der Waals surface area contributed by atoms with Crippen LogP contribution in [0.25, 0.3) is 0 Å². The summed E-state index contributed by atoms with van der Waals surface area (Å²) in [4.78, 5) is 0. The standard InChI is InChI=1S/C11H15F2N/c12-11(13,7-4-8-14)9-10-5-2-1-3-6-10/h1-3,5-6H,4,7-9,14H2. The predicted octanol–water partition coefficient (Wildman–Crippen LogP) is 2.60. The van der Waals surface area contributed by atoms with Gasteiger partial charge in [0.05, 0.1) is 0 Å². The molecule has 14 heavy (non-hydrogen) atoms. The van der Waals surface area contributed by atoms with Crippen molar-refractivity contribution in [2.75, 3.05) is 6.54 Å². The lowest BCUT2D eigenvalue weighted by Gasteiger charge is -2.15. The summed E-state index contributed by atoms with van der Waals surface area (Å²) in [7, 11) is 0. The third-order valence-electron chi connectivity index (χ3n) is 2.05. The molecule has 0 saturated carbocycles. The van der Waals surface area contributed by atoms with Crippen LogP contribution in [0.4, 0.5) is 8.78 Å². The molecule has 0 unspecified atom stereocenters. The van der Waals surface area contributed by atoms with Gasteiger partial charge in [-0.3, -0.25) is 0 Å². The van der Waals surface area contributed by atoms with E-state index in [1.165, 1.54) is 0 Å². The van der Waals surface area contributed by atoms with Gasteiger partial charge in [0.15, 0.2) is 0 Å². The molecule has 0 bridgehead atoms. The van der Waals surface area contributed by atoms with E-state index in [0.29, 0.717) is 18.5 Å². The number of benzene rings is 1. The van der Waals surface area contributed by atoms with Gasteiger partial charge >= 0.3 is 0 Å². The summed E-state index contributed by atoms with van der Waals surface area (Å²) in [6.45, 7) is 0.324. The quantitative estimate of drug-likeness (QED) is 0.775. The minimum absolute atomic E-state index is 0.127. The summed E-state index contributed by atoms with van der Waals surface area (Å²) < 4.78 is 26.5. The second-order valence-corrected chi connectivity index (χ2v) is 3.41. The van der Waals surface area contributed by atoms with Crippen molar-refractivity contribution in [1.82, 2.24) is 0 Å². The lowest BCUT2D eigenvalue weighted by atomic mass is 10.0. The zero-order valence-corrected chi connectivity index (χ0v) is 8.05. The maximum Gasteiger partial charge on any atom is 0.252 e. The molecule has 0 spiro atoms. The van der Waals surface area contributed by atoms with Crippen LogP contribution >= 0.6 is 0 Å². The summed E-state index contributed by atoms with van der Waals surface area (Å²) >= 11 is 0. The molecule has 0 heterocycles. The summed E-state index contributed by atoms with van der Waals surface area (Å²) in [5.41, 5.74) is 5.87. The molecule has 0 atom stereocenters. The van der Waals surface area contributed by atoms with Gasteiger partial charge in [0.25, 0.3) is 5.92 Å². The van der Waals surface area contributed by atoms with Crippen LogP contribution in [-0.2, 0) is 6.42 Å². The van der Waals surface area contributed by atoms with Crippen LogP contribution in [0.1, 0.15) is 18.4 Å². The monoisotopic (exact) mass is 199 g/mol. The van der Waals surface area contributed by atoms with Gasteiger partial charge in [0, 0.05) is 12.8 Å². The fourth-order valence-corrected chi connectivity index (χ4v) is 1.34. The Morgan fingerprint density at radius 3 is 2.36 bits per heavy atom. The van der Waals surface area contributed by atoms with Crippen molar-refractivity contribution < 1.29 is 8.78 Å². The maximum atomic E-state index is 13.2. The van der Waals surface area contributed by atoms with Crippen LogP contribution in [0, 0.1) is 0 Å². The van der Waals surface area contributed by atoms with E-state index in [-0.39, 0.29) is 12.8 Å². The number of alkyl halides is 2. The predicted molar refractivity (Wildman–Crippen MR) is 53.4 cm³/mol. The SMILES string of the molecule is NCCCC(F)(F)Cc1ccccc1. The lowest BCUT2D eigenvalue weighted by Crippen LogP contribution is -2.20. The molecular weight excluding hydrogens is 184 g/mol. The van der Waals surface area contributed by atoms with E-state index < -0.39 is 5.92 Å². The van der Waals surface area contributed by atoms with Gasteiger partial charge in [-0.2, -0.15) is 0 Å². The highest BCUT2D eigenvalue weighted by atomic mass is 19.3. The minimum atomic E-state index is -2.62. The minimum Gasteiger partial charge on any atom is -0.330 e. The Kier molecular flexibility index (Phi) is 4.01. The first-order valence-corrected chi connectivity index (χ1v) is 4.76. The maximum absolute atomic E-state index is 13.2. The molecule has 1 aromatic carbocycles. The number of halogens is 2. The van der Waals surface area contributed by atoms with E-state index in [0.717, 1.165) is 0 Å². The van der Waals surface area contributed by atoms with Crippen LogP contribution in [0.3, 0.4) is 0 Å². The normalized spacial score (nSPS) is 11.6. The largest absolute Gasteiger partial charge is 0.330 e. The Morgan fingerprint density at radius 1 is 1.14 bits per heavy atom. The number of nitrogens with two attached hydrogens (primary N) is 1. The first kappa shape index (κ1) is 11.1. The van der Waals surface area contributed by atoms with E-state index >= 15 is 0 Å². The topological polar surface area (TPSA) is 26.0 Å². The molecule has 1 aromatic rings. The van der Waals surface area contributed by atoms with Crippen LogP contribution in [-0.4, -0.2) is 12.5 Å². The molecule has 0 aliphatic carbocycles. The van der Waals surface area contributed by atoms with E-state index in [1.54, 1.807) is 24.3 Å². The van der Waals surface area contributed by atoms with Crippen molar-refractivity contribution in [3.05, 3.63) is 35.9 Å². The average Bonchev–Trinajstić information content (AvgIpc) is 2.16. The molecule has 0 fully saturated rings. The average molecular weight is 199 g/mol. The highest BCUT2D eigenvalue weighted by Gasteiger charge is 2.27. The number of hydrogen-bond donors (Lipinski definition) is 1. The van der Waals surface area contributed by atoms with Gasteiger partial charge in [-0.15, -0.1) is 0 Å². The molecule has 1 rings (SSSR count). The van der Waals surface area contributed by atoms with Gasteiger partial charge in [0.1, 0.15) is 0 Å². The highest BCUT2D eigenvalue weighted by molar-refractivity contribution is 5.16. The van der Waals surface area contributed by atoms with Gasteiger partial charge in [-0.25, -0.2) is 8.78 Å². The van der Waals surface area contributed by atoms with E-state index in [2.05, 4.69) is 0 Å². The molecule has 78 valence electrons. The summed E-state index contributed by atoms with van der Waals surface area (Å²) in [5, 5.41) is 0. The Hall–Kier alpha value is -0.960. The van der Waals surface area contributed by atoms with Gasteiger partial charge in [0.2, 0.25) is 0 Å². The lowest BCUT2D eigenvalue weighted by molar-refractivity contribution is -0.00832. The Labute approximate surface area is 82.9 Å². The Morgan fingerprint density at radius 2 is 1.79 bits per heavy atom. The third-order valence-corrected chi connectivity index (χ3v) is 2.05. The molecular formula is C11H15F2N. The van der Waals surface area contributed by atoms with Gasteiger partial charge in [-0.05, 0) is 18.5 Å². The van der Waals surface area contributed by atoms with Crippen molar-refractivity contribution in [2.24, 2.45) is 5.73 Å². The van der Waals surface area contributed by atoms with Crippen molar-refractivity contribution in [3.8, 4) is 0 Å². The zero-order chi connectivity index (χ0) is 10.4. The molecule has 0 aliphatic heterocycles.